The quantitative estimate of drug-likeness (QED) is 0.755. The first-order chi connectivity index (χ1) is 10.4. The molecule has 3 aromatic rings. The second-order valence-electron chi connectivity index (χ2n) is 4.95. The Balaban J connectivity index is 1.71. The van der Waals surface area contributed by atoms with E-state index >= 15 is 0 Å². The molecular formula is C16H19N5. The van der Waals surface area contributed by atoms with Crippen LogP contribution in [-0.4, -0.2) is 26.3 Å². The predicted octanol–water partition coefficient (Wildman–Crippen LogP) is 2.89. The van der Waals surface area contributed by atoms with Crippen molar-refractivity contribution < 1.29 is 0 Å². The number of rotatable bonds is 6. The minimum absolute atomic E-state index is 0.839. The molecule has 5 heteroatoms. The number of hydrogen-bond donors (Lipinski definition) is 1. The van der Waals surface area contributed by atoms with E-state index in [4.69, 9.17) is 0 Å². The third kappa shape index (κ3) is 3.02. The van der Waals surface area contributed by atoms with Gasteiger partial charge in [0.15, 0.2) is 5.65 Å². The molecular weight excluding hydrogens is 262 g/mol. The molecule has 0 fully saturated rings. The maximum Gasteiger partial charge on any atom is 0.163 e. The Morgan fingerprint density at radius 2 is 2.00 bits per heavy atom. The third-order valence-corrected chi connectivity index (χ3v) is 3.46. The van der Waals surface area contributed by atoms with Gasteiger partial charge in [-0.3, -0.25) is 0 Å². The van der Waals surface area contributed by atoms with E-state index < -0.39 is 0 Å². The first kappa shape index (κ1) is 13.5. The van der Waals surface area contributed by atoms with Crippen molar-refractivity contribution in [3.05, 3.63) is 48.4 Å². The average molecular weight is 281 g/mol. The molecule has 21 heavy (non-hydrogen) atoms. The zero-order valence-corrected chi connectivity index (χ0v) is 12.2. The highest BCUT2D eigenvalue weighted by molar-refractivity contribution is 5.85. The van der Waals surface area contributed by atoms with Crippen LogP contribution in [-0.2, 0) is 13.0 Å². The SMILES string of the molecule is CCNc1ncnc2c1cnn2CCCc1ccccc1. The van der Waals surface area contributed by atoms with Gasteiger partial charge in [0.2, 0.25) is 0 Å². The topological polar surface area (TPSA) is 55.6 Å². The lowest BCUT2D eigenvalue weighted by Gasteiger charge is -2.05. The third-order valence-electron chi connectivity index (χ3n) is 3.46. The molecule has 0 bridgehead atoms. The van der Waals surface area contributed by atoms with E-state index in [1.54, 1.807) is 6.33 Å². The van der Waals surface area contributed by atoms with Crippen LogP contribution in [0.15, 0.2) is 42.9 Å². The predicted molar refractivity (Wildman–Crippen MR) is 84.2 cm³/mol. The Labute approximate surface area is 124 Å². The Morgan fingerprint density at radius 3 is 2.81 bits per heavy atom. The highest BCUT2D eigenvalue weighted by Gasteiger charge is 2.08. The van der Waals surface area contributed by atoms with Crippen LogP contribution in [0.2, 0.25) is 0 Å². The van der Waals surface area contributed by atoms with Crippen LogP contribution in [0.3, 0.4) is 0 Å². The van der Waals surface area contributed by atoms with Crippen LogP contribution in [0.25, 0.3) is 11.0 Å². The van der Waals surface area contributed by atoms with Crippen molar-refractivity contribution in [1.82, 2.24) is 19.7 Å². The van der Waals surface area contributed by atoms with E-state index in [0.717, 1.165) is 42.8 Å². The molecule has 0 radical (unpaired) electrons. The molecule has 0 saturated heterocycles. The van der Waals surface area contributed by atoms with Gasteiger partial charge in [-0.2, -0.15) is 5.10 Å². The van der Waals surface area contributed by atoms with Crippen LogP contribution in [0.1, 0.15) is 18.9 Å². The normalized spacial score (nSPS) is 10.9. The Kier molecular flexibility index (Phi) is 4.09. The number of aromatic nitrogens is 4. The average Bonchev–Trinajstić information content (AvgIpc) is 2.93. The van der Waals surface area contributed by atoms with Gasteiger partial charge in [0, 0.05) is 13.1 Å². The van der Waals surface area contributed by atoms with E-state index in [0.29, 0.717) is 0 Å². The van der Waals surface area contributed by atoms with E-state index in [1.165, 1.54) is 5.56 Å². The summed E-state index contributed by atoms with van der Waals surface area (Å²) in [5.41, 5.74) is 2.26. The number of hydrogen-bond acceptors (Lipinski definition) is 4. The van der Waals surface area contributed by atoms with Crippen molar-refractivity contribution in [1.29, 1.82) is 0 Å². The lowest BCUT2D eigenvalue weighted by atomic mass is 10.1. The molecule has 0 amide bonds. The number of benzene rings is 1. The van der Waals surface area contributed by atoms with E-state index in [-0.39, 0.29) is 0 Å². The van der Waals surface area contributed by atoms with Gasteiger partial charge in [0.1, 0.15) is 12.1 Å². The monoisotopic (exact) mass is 281 g/mol. The van der Waals surface area contributed by atoms with Gasteiger partial charge >= 0.3 is 0 Å². The molecule has 1 N–H and O–H groups in total. The smallest absolute Gasteiger partial charge is 0.163 e. The molecule has 0 saturated carbocycles. The molecule has 0 spiro atoms. The number of fused-ring (bicyclic) bond motifs is 1. The number of nitrogens with one attached hydrogen (secondary N) is 1. The summed E-state index contributed by atoms with van der Waals surface area (Å²) < 4.78 is 1.96. The summed E-state index contributed by atoms with van der Waals surface area (Å²) in [6.45, 7) is 3.75. The lowest BCUT2D eigenvalue weighted by Crippen LogP contribution is -2.04. The fourth-order valence-electron chi connectivity index (χ4n) is 2.44. The fourth-order valence-corrected chi connectivity index (χ4v) is 2.44. The summed E-state index contributed by atoms with van der Waals surface area (Å²) in [6, 6.07) is 10.5. The van der Waals surface area contributed by atoms with Crippen molar-refractivity contribution in [2.75, 3.05) is 11.9 Å². The van der Waals surface area contributed by atoms with Crippen LogP contribution in [0.5, 0.6) is 0 Å². The van der Waals surface area contributed by atoms with Gasteiger partial charge in [-0.25, -0.2) is 14.6 Å². The van der Waals surface area contributed by atoms with Crippen molar-refractivity contribution in [2.24, 2.45) is 0 Å². The van der Waals surface area contributed by atoms with Crippen molar-refractivity contribution >= 4 is 16.9 Å². The molecule has 1 aromatic carbocycles. The standard InChI is InChI=1S/C16H19N5/c1-2-17-15-14-11-20-21(16(14)19-12-18-15)10-6-9-13-7-4-3-5-8-13/h3-5,7-8,11-12H,2,6,9-10H2,1H3,(H,17,18,19). The van der Waals surface area contributed by atoms with E-state index in [1.807, 2.05) is 16.9 Å². The van der Waals surface area contributed by atoms with Gasteiger partial charge < -0.3 is 5.32 Å². The van der Waals surface area contributed by atoms with Crippen LogP contribution < -0.4 is 5.32 Å². The zero-order valence-electron chi connectivity index (χ0n) is 12.2. The number of nitrogens with zero attached hydrogens (tertiary/aromatic N) is 4. The summed E-state index contributed by atoms with van der Waals surface area (Å²) in [5.74, 6) is 0.858. The molecule has 0 aliphatic carbocycles. The molecule has 0 aliphatic rings. The fraction of sp³-hybridized carbons (Fsp3) is 0.312. The van der Waals surface area contributed by atoms with Crippen LogP contribution in [0, 0.1) is 0 Å². The summed E-state index contributed by atoms with van der Waals surface area (Å²) in [4.78, 5) is 8.62. The van der Waals surface area contributed by atoms with E-state index in [9.17, 15) is 0 Å². The van der Waals surface area contributed by atoms with Crippen molar-refractivity contribution in [2.45, 2.75) is 26.3 Å². The van der Waals surface area contributed by atoms with Gasteiger partial charge in [-0.15, -0.1) is 0 Å². The molecule has 108 valence electrons. The first-order valence-corrected chi connectivity index (χ1v) is 7.33. The van der Waals surface area contributed by atoms with Crippen LogP contribution in [0.4, 0.5) is 5.82 Å². The van der Waals surface area contributed by atoms with Crippen LogP contribution >= 0.6 is 0 Å². The summed E-state index contributed by atoms with van der Waals surface area (Å²) in [5, 5.41) is 8.67. The van der Waals surface area contributed by atoms with Gasteiger partial charge in [0.05, 0.1) is 11.6 Å². The Hall–Kier alpha value is -2.43. The van der Waals surface area contributed by atoms with Crippen molar-refractivity contribution in [3.8, 4) is 0 Å². The molecule has 2 heterocycles. The summed E-state index contributed by atoms with van der Waals surface area (Å²) >= 11 is 0. The Morgan fingerprint density at radius 1 is 1.14 bits per heavy atom. The Bertz CT molecular complexity index is 705. The molecule has 3 rings (SSSR count). The molecule has 0 aliphatic heterocycles. The number of anilines is 1. The van der Waals surface area contributed by atoms with Gasteiger partial charge in [-0.05, 0) is 25.3 Å². The molecule has 0 atom stereocenters. The first-order valence-electron chi connectivity index (χ1n) is 7.33. The van der Waals surface area contributed by atoms with Crippen molar-refractivity contribution in [3.63, 3.8) is 0 Å². The van der Waals surface area contributed by atoms with Gasteiger partial charge in [-0.1, -0.05) is 30.3 Å². The second-order valence-corrected chi connectivity index (χ2v) is 4.95. The lowest BCUT2D eigenvalue weighted by molar-refractivity contribution is 0.591. The summed E-state index contributed by atoms with van der Waals surface area (Å²) in [7, 11) is 0. The van der Waals surface area contributed by atoms with E-state index in [2.05, 4.69) is 51.6 Å². The minimum atomic E-state index is 0.839. The maximum absolute atomic E-state index is 4.44. The minimum Gasteiger partial charge on any atom is -0.370 e. The second kappa shape index (κ2) is 6.35. The zero-order chi connectivity index (χ0) is 14.5. The highest BCUT2D eigenvalue weighted by atomic mass is 15.3. The largest absolute Gasteiger partial charge is 0.370 e. The maximum atomic E-state index is 4.44. The molecule has 5 nitrogen and oxygen atoms in total. The highest BCUT2D eigenvalue weighted by Crippen LogP contribution is 2.18. The molecule has 0 unspecified atom stereocenters. The summed E-state index contributed by atoms with van der Waals surface area (Å²) in [6.07, 6.45) is 5.53. The molecule has 2 aromatic heterocycles. The van der Waals surface area contributed by atoms with Gasteiger partial charge in [0.25, 0.3) is 0 Å². The number of aryl methyl sites for hydroxylation is 2.